The molecule has 21 heavy (non-hydrogen) atoms. The Kier molecular flexibility index (Phi) is 3.31. The zero-order chi connectivity index (χ0) is 15.1. The Balaban J connectivity index is 2.30. The molecule has 1 aromatic carbocycles. The van der Waals surface area contributed by atoms with Crippen LogP contribution in [-0.2, 0) is 0 Å². The normalized spacial score (nSPS) is 11.0. The van der Waals surface area contributed by atoms with Gasteiger partial charge in [0.1, 0.15) is 0 Å². The predicted molar refractivity (Wildman–Crippen MR) is 80.1 cm³/mol. The van der Waals surface area contributed by atoms with E-state index in [1.54, 1.807) is 16.5 Å². The molecule has 0 fully saturated rings. The second kappa shape index (κ2) is 5.02. The first kappa shape index (κ1) is 13.9. The first-order chi connectivity index (χ1) is 9.97. The first-order valence-electron chi connectivity index (χ1n) is 6.01. The first-order valence-corrected chi connectivity index (χ1v) is 6.77. The smallest absolute Gasteiger partial charge is 0.337 e. The fraction of sp³-hybridized carbons (Fsp3) is 0.0714. The summed E-state index contributed by atoms with van der Waals surface area (Å²) in [6, 6.07) is 6.72. The standard InChI is InChI=1S/C14H9Cl2N3O2/c1-7-4-9(15)2-3-10(7)12-17-18-13-11(16)5-8(14(20)21)6-19(12)13/h2-6H,1H3,(H,20,21). The van der Waals surface area contributed by atoms with E-state index >= 15 is 0 Å². The summed E-state index contributed by atoms with van der Waals surface area (Å²) < 4.78 is 1.57. The molecular weight excluding hydrogens is 313 g/mol. The SMILES string of the molecule is Cc1cc(Cl)ccc1-c1nnc2c(Cl)cc(C(=O)O)cn12. The lowest BCUT2D eigenvalue weighted by Gasteiger charge is -2.06. The second-order valence-corrected chi connectivity index (χ2v) is 5.40. The zero-order valence-corrected chi connectivity index (χ0v) is 12.4. The van der Waals surface area contributed by atoms with Gasteiger partial charge in [-0.15, -0.1) is 10.2 Å². The maximum Gasteiger partial charge on any atom is 0.337 e. The molecule has 0 bridgehead atoms. The molecule has 0 saturated heterocycles. The highest BCUT2D eigenvalue weighted by Crippen LogP contribution is 2.27. The fourth-order valence-electron chi connectivity index (χ4n) is 2.13. The molecule has 5 nitrogen and oxygen atoms in total. The number of halogens is 2. The number of aryl methyl sites for hydroxylation is 1. The molecule has 0 aliphatic rings. The average Bonchev–Trinajstić information content (AvgIpc) is 2.83. The number of aromatic nitrogens is 3. The number of hydrogen-bond acceptors (Lipinski definition) is 3. The average molecular weight is 322 g/mol. The Bertz CT molecular complexity index is 874. The van der Waals surface area contributed by atoms with Crippen LogP contribution in [0.2, 0.25) is 10.0 Å². The van der Waals surface area contributed by atoms with Gasteiger partial charge < -0.3 is 5.11 Å². The minimum atomic E-state index is -1.06. The van der Waals surface area contributed by atoms with E-state index in [0.29, 0.717) is 16.5 Å². The molecule has 0 saturated carbocycles. The molecule has 7 heteroatoms. The van der Waals surface area contributed by atoms with Crippen molar-refractivity contribution in [1.82, 2.24) is 14.6 Å². The molecule has 0 atom stereocenters. The van der Waals surface area contributed by atoms with Crippen molar-refractivity contribution in [3.8, 4) is 11.4 Å². The summed E-state index contributed by atoms with van der Waals surface area (Å²) in [7, 11) is 0. The van der Waals surface area contributed by atoms with Crippen molar-refractivity contribution in [2.24, 2.45) is 0 Å². The molecule has 0 radical (unpaired) electrons. The van der Waals surface area contributed by atoms with Crippen LogP contribution in [0, 0.1) is 6.92 Å². The Morgan fingerprint density at radius 2 is 2.00 bits per heavy atom. The van der Waals surface area contributed by atoms with Crippen molar-refractivity contribution in [2.45, 2.75) is 6.92 Å². The minimum absolute atomic E-state index is 0.0696. The van der Waals surface area contributed by atoms with E-state index in [1.165, 1.54) is 12.3 Å². The number of benzene rings is 1. The number of pyridine rings is 1. The van der Waals surface area contributed by atoms with Gasteiger partial charge in [0.25, 0.3) is 0 Å². The number of carboxylic acids is 1. The Labute approximate surface area is 129 Å². The Morgan fingerprint density at radius 3 is 2.67 bits per heavy atom. The van der Waals surface area contributed by atoms with E-state index in [0.717, 1.165) is 11.1 Å². The monoisotopic (exact) mass is 321 g/mol. The molecule has 2 heterocycles. The van der Waals surface area contributed by atoms with Crippen LogP contribution in [0.25, 0.3) is 17.0 Å². The summed E-state index contributed by atoms with van der Waals surface area (Å²) in [4.78, 5) is 11.1. The van der Waals surface area contributed by atoms with Gasteiger partial charge in [-0.25, -0.2) is 4.79 Å². The van der Waals surface area contributed by atoms with Crippen LogP contribution in [0.4, 0.5) is 0 Å². The number of rotatable bonds is 2. The quantitative estimate of drug-likeness (QED) is 0.781. The van der Waals surface area contributed by atoms with Crippen LogP contribution in [0.1, 0.15) is 15.9 Å². The summed E-state index contributed by atoms with van der Waals surface area (Å²) >= 11 is 12.0. The van der Waals surface area contributed by atoms with Gasteiger partial charge in [0, 0.05) is 16.8 Å². The highest BCUT2D eigenvalue weighted by Gasteiger charge is 2.15. The van der Waals surface area contributed by atoms with Gasteiger partial charge in [0.15, 0.2) is 11.5 Å². The predicted octanol–water partition coefficient (Wildman–Crippen LogP) is 3.71. The molecule has 0 aliphatic carbocycles. The highest BCUT2D eigenvalue weighted by molar-refractivity contribution is 6.33. The van der Waals surface area contributed by atoms with Gasteiger partial charge in [-0.3, -0.25) is 4.40 Å². The van der Waals surface area contributed by atoms with Gasteiger partial charge in [0.05, 0.1) is 10.6 Å². The molecule has 0 aliphatic heterocycles. The number of carboxylic acid groups (broad SMARTS) is 1. The van der Waals surface area contributed by atoms with E-state index in [-0.39, 0.29) is 10.6 Å². The maximum atomic E-state index is 11.1. The minimum Gasteiger partial charge on any atom is -0.478 e. The van der Waals surface area contributed by atoms with Gasteiger partial charge in [-0.05, 0) is 36.8 Å². The molecule has 0 spiro atoms. The molecule has 2 aromatic heterocycles. The summed E-state index contributed by atoms with van der Waals surface area (Å²) in [6.45, 7) is 1.89. The van der Waals surface area contributed by atoms with E-state index < -0.39 is 5.97 Å². The van der Waals surface area contributed by atoms with Crippen molar-refractivity contribution in [2.75, 3.05) is 0 Å². The summed E-state index contributed by atoms with van der Waals surface area (Å²) in [5.41, 5.74) is 2.20. The van der Waals surface area contributed by atoms with Crippen LogP contribution < -0.4 is 0 Å². The molecule has 0 amide bonds. The summed E-state index contributed by atoms with van der Waals surface area (Å²) in [6.07, 6.45) is 1.45. The van der Waals surface area contributed by atoms with E-state index in [9.17, 15) is 4.79 Å². The third-order valence-electron chi connectivity index (χ3n) is 3.14. The number of hydrogen-bond donors (Lipinski definition) is 1. The second-order valence-electron chi connectivity index (χ2n) is 4.56. The number of carbonyl (C=O) groups is 1. The van der Waals surface area contributed by atoms with E-state index in [2.05, 4.69) is 10.2 Å². The van der Waals surface area contributed by atoms with Gasteiger partial charge >= 0.3 is 5.97 Å². The third-order valence-corrected chi connectivity index (χ3v) is 3.65. The van der Waals surface area contributed by atoms with E-state index in [4.69, 9.17) is 28.3 Å². The van der Waals surface area contributed by atoms with Crippen LogP contribution in [-0.4, -0.2) is 25.7 Å². The number of nitrogens with zero attached hydrogens (tertiary/aromatic N) is 3. The summed E-state index contributed by atoms with van der Waals surface area (Å²) in [5, 5.41) is 18.1. The van der Waals surface area contributed by atoms with Crippen LogP contribution in [0.15, 0.2) is 30.5 Å². The van der Waals surface area contributed by atoms with Crippen molar-refractivity contribution >= 4 is 34.8 Å². The lowest BCUT2D eigenvalue weighted by atomic mass is 10.1. The fourth-order valence-corrected chi connectivity index (χ4v) is 2.61. The topological polar surface area (TPSA) is 67.5 Å². The van der Waals surface area contributed by atoms with Crippen molar-refractivity contribution in [3.05, 3.63) is 51.6 Å². The van der Waals surface area contributed by atoms with Gasteiger partial charge in [0.2, 0.25) is 0 Å². The van der Waals surface area contributed by atoms with Gasteiger partial charge in [-0.2, -0.15) is 0 Å². The Morgan fingerprint density at radius 1 is 1.24 bits per heavy atom. The lowest BCUT2D eigenvalue weighted by Crippen LogP contribution is -2.00. The number of aromatic carboxylic acids is 1. The maximum absolute atomic E-state index is 11.1. The van der Waals surface area contributed by atoms with Crippen molar-refractivity contribution < 1.29 is 9.90 Å². The molecule has 1 N–H and O–H groups in total. The zero-order valence-electron chi connectivity index (χ0n) is 10.8. The van der Waals surface area contributed by atoms with Crippen LogP contribution in [0.5, 0.6) is 0 Å². The van der Waals surface area contributed by atoms with Crippen molar-refractivity contribution in [3.63, 3.8) is 0 Å². The Hall–Kier alpha value is -2.11. The molecule has 3 rings (SSSR count). The summed E-state index contributed by atoms with van der Waals surface area (Å²) in [5.74, 6) is -0.546. The lowest BCUT2D eigenvalue weighted by molar-refractivity contribution is 0.0696. The third kappa shape index (κ3) is 2.34. The number of fused-ring (bicyclic) bond motifs is 1. The molecule has 106 valence electrons. The van der Waals surface area contributed by atoms with E-state index in [1.807, 2.05) is 13.0 Å². The van der Waals surface area contributed by atoms with Crippen molar-refractivity contribution in [1.29, 1.82) is 0 Å². The van der Waals surface area contributed by atoms with Gasteiger partial charge in [-0.1, -0.05) is 23.2 Å². The highest BCUT2D eigenvalue weighted by atomic mass is 35.5. The largest absolute Gasteiger partial charge is 0.478 e. The molecular formula is C14H9Cl2N3O2. The van der Waals surface area contributed by atoms with Crippen LogP contribution >= 0.6 is 23.2 Å². The molecule has 0 unspecified atom stereocenters. The molecule has 3 aromatic rings. The van der Waals surface area contributed by atoms with Crippen LogP contribution in [0.3, 0.4) is 0 Å².